The van der Waals surface area contributed by atoms with E-state index in [1.54, 1.807) is 6.07 Å². The van der Waals surface area contributed by atoms with E-state index in [1.165, 1.54) is 25.1 Å². The maximum Gasteiger partial charge on any atom is 0.217 e. The van der Waals surface area contributed by atoms with Gasteiger partial charge in [0.05, 0.1) is 12.1 Å². The summed E-state index contributed by atoms with van der Waals surface area (Å²) < 4.78 is 12.9. The van der Waals surface area contributed by atoms with Gasteiger partial charge in [-0.2, -0.15) is 5.26 Å². The Labute approximate surface area is 92.9 Å². The SMILES string of the molecule is CC(=O)NCC#Cc1ccc(F)c(C#N)c1. The fourth-order valence-corrected chi connectivity index (χ4v) is 1.00. The largest absolute Gasteiger partial charge is 0.345 e. The van der Waals surface area contributed by atoms with Crippen LogP contribution in [-0.2, 0) is 4.79 Å². The highest BCUT2D eigenvalue weighted by Crippen LogP contribution is 2.08. The first-order chi connectivity index (χ1) is 7.63. The Morgan fingerprint density at radius 2 is 2.31 bits per heavy atom. The summed E-state index contributed by atoms with van der Waals surface area (Å²) in [7, 11) is 0. The molecule has 3 nitrogen and oxygen atoms in total. The molecule has 0 aliphatic rings. The highest BCUT2D eigenvalue weighted by molar-refractivity contribution is 5.73. The molecule has 0 radical (unpaired) electrons. The molecule has 0 aromatic heterocycles. The monoisotopic (exact) mass is 216 g/mol. The number of benzene rings is 1. The van der Waals surface area contributed by atoms with Crippen molar-refractivity contribution in [3.05, 3.63) is 35.1 Å². The van der Waals surface area contributed by atoms with Crippen LogP contribution in [0.4, 0.5) is 4.39 Å². The second-order valence-corrected chi connectivity index (χ2v) is 3.02. The molecule has 0 bridgehead atoms. The number of rotatable bonds is 1. The van der Waals surface area contributed by atoms with Gasteiger partial charge in [0.15, 0.2) is 0 Å². The lowest BCUT2D eigenvalue weighted by Crippen LogP contribution is -2.19. The Morgan fingerprint density at radius 3 is 2.94 bits per heavy atom. The van der Waals surface area contributed by atoms with Gasteiger partial charge in [-0.3, -0.25) is 4.79 Å². The summed E-state index contributed by atoms with van der Waals surface area (Å²) in [4.78, 5) is 10.5. The van der Waals surface area contributed by atoms with Gasteiger partial charge < -0.3 is 5.32 Å². The molecule has 0 unspecified atom stereocenters. The van der Waals surface area contributed by atoms with Crippen molar-refractivity contribution in [1.82, 2.24) is 5.32 Å². The van der Waals surface area contributed by atoms with Crippen molar-refractivity contribution in [2.24, 2.45) is 0 Å². The first kappa shape index (κ1) is 11.7. The number of hydrogen-bond acceptors (Lipinski definition) is 2. The second-order valence-electron chi connectivity index (χ2n) is 3.02. The van der Waals surface area contributed by atoms with E-state index < -0.39 is 5.82 Å². The quantitative estimate of drug-likeness (QED) is 0.717. The third-order valence-corrected chi connectivity index (χ3v) is 1.75. The molecule has 0 saturated heterocycles. The van der Waals surface area contributed by atoms with Crippen LogP contribution in [0.2, 0.25) is 0 Å². The zero-order valence-corrected chi connectivity index (χ0v) is 8.67. The van der Waals surface area contributed by atoms with E-state index >= 15 is 0 Å². The Balaban J connectivity index is 2.75. The summed E-state index contributed by atoms with van der Waals surface area (Å²) in [6.45, 7) is 1.63. The van der Waals surface area contributed by atoms with Crippen LogP contribution in [0.3, 0.4) is 0 Å². The molecule has 1 aromatic carbocycles. The minimum Gasteiger partial charge on any atom is -0.345 e. The average molecular weight is 216 g/mol. The van der Waals surface area contributed by atoms with Gasteiger partial charge in [0.25, 0.3) is 0 Å². The normalized spacial score (nSPS) is 8.56. The fraction of sp³-hybridized carbons (Fsp3) is 0.167. The van der Waals surface area contributed by atoms with E-state index in [4.69, 9.17) is 5.26 Å². The van der Waals surface area contributed by atoms with Crippen LogP contribution in [0.15, 0.2) is 18.2 Å². The molecule has 0 aliphatic carbocycles. The molecule has 1 aromatic rings. The second kappa shape index (κ2) is 5.53. The summed E-state index contributed by atoms with van der Waals surface area (Å²) in [5, 5.41) is 11.1. The Morgan fingerprint density at radius 1 is 1.56 bits per heavy atom. The van der Waals surface area contributed by atoms with Crippen LogP contribution in [0.5, 0.6) is 0 Å². The molecule has 1 rings (SSSR count). The minimum atomic E-state index is -0.560. The van der Waals surface area contributed by atoms with Gasteiger partial charge in [0, 0.05) is 12.5 Å². The highest BCUT2D eigenvalue weighted by atomic mass is 19.1. The van der Waals surface area contributed by atoms with E-state index in [-0.39, 0.29) is 18.0 Å². The van der Waals surface area contributed by atoms with Crippen molar-refractivity contribution >= 4 is 5.91 Å². The van der Waals surface area contributed by atoms with Crippen molar-refractivity contribution in [2.45, 2.75) is 6.92 Å². The summed E-state index contributed by atoms with van der Waals surface area (Å²) in [6.07, 6.45) is 0. The molecule has 1 amide bonds. The minimum absolute atomic E-state index is 0.0358. The van der Waals surface area contributed by atoms with Crippen LogP contribution in [0.25, 0.3) is 0 Å². The highest BCUT2D eigenvalue weighted by Gasteiger charge is 2.00. The van der Waals surface area contributed by atoms with Crippen LogP contribution in [0.1, 0.15) is 18.1 Å². The molecular formula is C12H9FN2O. The predicted molar refractivity (Wildman–Crippen MR) is 56.7 cm³/mol. The molecular weight excluding hydrogens is 207 g/mol. The van der Waals surface area contributed by atoms with Crippen LogP contribution in [0, 0.1) is 29.0 Å². The fourth-order valence-electron chi connectivity index (χ4n) is 1.00. The van der Waals surface area contributed by atoms with E-state index in [9.17, 15) is 9.18 Å². The number of hydrogen-bond donors (Lipinski definition) is 1. The number of halogens is 1. The third-order valence-electron chi connectivity index (χ3n) is 1.75. The van der Waals surface area contributed by atoms with E-state index in [1.807, 2.05) is 0 Å². The lowest BCUT2D eigenvalue weighted by molar-refractivity contribution is -0.118. The maximum absolute atomic E-state index is 12.9. The molecule has 0 fully saturated rings. The average Bonchev–Trinajstić information content (AvgIpc) is 2.26. The topological polar surface area (TPSA) is 52.9 Å². The van der Waals surface area contributed by atoms with Crippen LogP contribution >= 0.6 is 0 Å². The van der Waals surface area contributed by atoms with Crippen molar-refractivity contribution < 1.29 is 9.18 Å². The van der Waals surface area contributed by atoms with Gasteiger partial charge in [0.2, 0.25) is 5.91 Å². The molecule has 0 spiro atoms. The number of nitrogens with zero attached hydrogens (tertiary/aromatic N) is 1. The predicted octanol–water partition coefficient (Wildman–Crippen LogP) is 1.18. The molecule has 80 valence electrons. The van der Waals surface area contributed by atoms with Crippen molar-refractivity contribution in [3.8, 4) is 17.9 Å². The zero-order chi connectivity index (χ0) is 12.0. The van der Waals surface area contributed by atoms with Gasteiger partial charge in [-0.1, -0.05) is 11.8 Å². The molecule has 0 saturated carbocycles. The van der Waals surface area contributed by atoms with Crippen molar-refractivity contribution in [1.29, 1.82) is 5.26 Å². The Kier molecular flexibility index (Phi) is 4.06. The summed E-state index contributed by atoms with van der Waals surface area (Å²) >= 11 is 0. The summed E-state index contributed by atoms with van der Waals surface area (Å²) in [5.74, 6) is 4.69. The van der Waals surface area contributed by atoms with Gasteiger partial charge in [-0.05, 0) is 18.2 Å². The first-order valence-electron chi connectivity index (χ1n) is 4.56. The molecule has 1 N–H and O–H groups in total. The summed E-state index contributed by atoms with van der Waals surface area (Å²) in [5.41, 5.74) is 0.509. The standard InChI is InChI=1S/C12H9FN2O/c1-9(16)15-6-2-3-10-4-5-12(13)11(7-10)8-14/h4-5,7H,6H2,1H3,(H,15,16). The van der Waals surface area contributed by atoms with E-state index in [0.717, 1.165) is 0 Å². The number of carbonyl (C=O) groups is 1. The number of amides is 1. The molecule has 4 heteroatoms. The number of nitriles is 1. The van der Waals surface area contributed by atoms with Gasteiger partial charge in [-0.15, -0.1) is 0 Å². The van der Waals surface area contributed by atoms with E-state index in [2.05, 4.69) is 17.2 Å². The van der Waals surface area contributed by atoms with E-state index in [0.29, 0.717) is 5.56 Å². The Bertz CT molecular complexity index is 506. The lowest BCUT2D eigenvalue weighted by Gasteiger charge is -1.94. The van der Waals surface area contributed by atoms with Gasteiger partial charge in [0.1, 0.15) is 11.9 Å². The summed E-state index contributed by atoms with van der Waals surface area (Å²) in [6, 6.07) is 5.78. The molecule has 0 heterocycles. The maximum atomic E-state index is 12.9. The molecule has 0 aliphatic heterocycles. The molecule has 0 atom stereocenters. The zero-order valence-electron chi connectivity index (χ0n) is 8.67. The van der Waals surface area contributed by atoms with Crippen molar-refractivity contribution in [3.63, 3.8) is 0 Å². The molecule has 16 heavy (non-hydrogen) atoms. The van der Waals surface area contributed by atoms with Crippen LogP contribution in [-0.4, -0.2) is 12.5 Å². The van der Waals surface area contributed by atoms with Gasteiger partial charge in [-0.25, -0.2) is 4.39 Å². The first-order valence-corrected chi connectivity index (χ1v) is 4.56. The Hall–Kier alpha value is -2.33. The van der Waals surface area contributed by atoms with Crippen LogP contribution < -0.4 is 5.32 Å². The smallest absolute Gasteiger partial charge is 0.217 e. The van der Waals surface area contributed by atoms with Crippen molar-refractivity contribution in [2.75, 3.05) is 6.54 Å². The number of nitrogens with one attached hydrogen (secondary N) is 1. The number of carbonyl (C=O) groups excluding carboxylic acids is 1. The lowest BCUT2D eigenvalue weighted by atomic mass is 10.1. The third kappa shape index (κ3) is 3.43. The van der Waals surface area contributed by atoms with Gasteiger partial charge >= 0.3 is 0 Å².